The van der Waals surface area contributed by atoms with Crippen LogP contribution in [0.3, 0.4) is 0 Å². The monoisotopic (exact) mass is 331 g/mol. The van der Waals surface area contributed by atoms with E-state index in [9.17, 15) is 0 Å². The van der Waals surface area contributed by atoms with E-state index in [1.807, 2.05) is 18.3 Å². The first kappa shape index (κ1) is 17.4. The molecule has 0 aliphatic heterocycles. The van der Waals surface area contributed by atoms with Crippen LogP contribution < -0.4 is 4.74 Å². The van der Waals surface area contributed by atoms with E-state index in [1.54, 1.807) is 24.5 Å². The summed E-state index contributed by atoms with van der Waals surface area (Å²) in [7, 11) is 2.08. The van der Waals surface area contributed by atoms with Gasteiger partial charge in [0.25, 0.3) is 0 Å². The third kappa shape index (κ3) is 6.38. The molecule has 1 atom stereocenters. The lowest BCUT2D eigenvalue weighted by Crippen LogP contribution is -2.33. The highest BCUT2D eigenvalue weighted by Gasteiger charge is 2.14. The van der Waals surface area contributed by atoms with Gasteiger partial charge in [-0.3, -0.25) is 9.88 Å². The van der Waals surface area contributed by atoms with Crippen LogP contribution in [0.4, 0.5) is 0 Å². The van der Waals surface area contributed by atoms with Gasteiger partial charge >= 0.3 is 0 Å². The van der Waals surface area contributed by atoms with Crippen molar-refractivity contribution in [3.63, 3.8) is 0 Å². The Morgan fingerprint density at radius 1 is 1.35 bits per heavy atom. The Bertz CT molecular complexity index is 589. The molecule has 0 unspecified atom stereocenters. The zero-order valence-corrected chi connectivity index (χ0v) is 14.1. The van der Waals surface area contributed by atoms with Gasteiger partial charge in [0.1, 0.15) is 6.10 Å². The molecule has 5 heteroatoms. The van der Waals surface area contributed by atoms with E-state index in [4.69, 9.17) is 16.3 Å². The summed E-state index contributed by atoms with van der Waals surface area (Å²) >= 11 is 5.86. The lowest BCUT2D eigenvalue weighted by atomic mass is 10.1. The summed E-state index contributed by atoms with van der Waals surface area (Å²) < 4.78 is 6.01. The summed E-state index contributed by atoms with van der Waals surface area (Å²) in [5.41, 5.74) is 1.18. The zero-order chi connectivity index (χ0) is 16.5. The average Bonchev–Trinajstić information content (AvgIpc) is 2.55. The minimum Gasteiger partial charge on any atom is -0.473 e. The molecule has 122 valence electrons. The van der Waals surface area contributed by atoms with E-state index in [2.05, 4.69) is 34.6 Å². The van der Waals surface area contributed by atoms with Crippen LogP contribution in [0.25, 0.3) is 0 Å². The number of aromatic nitrogens is 2. The van der Waals surface area contributed by atoms with E-state index < -0.39 is 0 Å². The van der Waals surface area contributed by atoms with Crippen molar-refractivity contribution in [2.75, 3.05) is 13.6 Å². The van der Waals surface area contributed by atoms with Crippen molar-refractivity contribution in [2.24, 2.45) is 0 Å². The van der Waals surface area contributed by atoms with Gasteiger partial charge in [0.2, 0.25) is 5.88 Å². The highest BCUT2D eigenvalue weighted by atomic mass is 35.5. The maximum Gasteiger partial charge on any atom is 0.213 e. The molecule has 23 heavy (non-hydrogen) atoms. The lowest BCUT2D eigenvalue weighted by Gasteiger charge is -2.24. The second kappa shape index (κ2) is 9.28. The largest absolute Gasteiger partial charge is 0.473 e. The first-order valence-corrected chi connectivity index (χ1v) is 8.01. The van der Waals surface area contributed by atoms with E-state index in [0.717, 1.165) is 25.9 Å². The molecular weight excluding hydrogens is 310 g/mol. The summed E-state index contributed by atoms with van der Waals surface area (Å²) in [6.45, 7) is 5.42. The van der Waals surface area contributed by atoms with Crippen LogP contribution in [0.15, 0.2) is 55.5 Å². The van der Waals surface area contributed by atoms with Gasteiger partial charge in [-0.15, -0.1) is 6.58 Å². The normalized spacial score (nSPS) is 12.1. The van der Waals surface area contributed by atoms with Crippen molar-refractivity contribution in [1.29, 1.82) is 0 Å². The fourth-order valence-electron chi connectivity index (χ4n) is 2.31. The van der Waals surface area contributed by atoms with Crippen molar-refractivity contribution in [3.05, 3.63) is 66.1 Å². The van der Waals surface area contributed by atoms with Crippen LogP contribution in [0.2, 0.25) is 5.02 Å². The molecule has 0 aliphatic carbocycles. The molecule has 0 aromatic carbocycles. The number of rotatable bonds is 9. The predicted molar refractivity (Wildman–Crippen MR) is 93.7 cm³/mol. The molecular formula is C18H22ClN3O. The summed E-state index contributed by atoms with van der Waals surface area (Å²) in [5, 5.41) is 0.605. The number of hydrogen-bond acceptors (Lipinski definition) is 4. The summed E-state index contributed by atoms with van der Waals surface area (Å²) in [6.07, 6.45) is 9.02. The summed E-state index contributed by atoms with van der Waals surface area (Å²) in [6, 6.07) is 7.61. The third-order valence-corrected chi connectivity index (χ3v) is 3.59. The zero-order valence-electron chi connectivity index (χ0n) is 13.4. The van der Waals surface area contributed by atoms with Gasteiger partial charge in [0.05, 0.1) is 5.02 Å². The Kier molecular flexibility index (Phi) is 7.04. The van der Waals surface area contributed by atoms with E-state index in [1.165, 1.54) is 5.56 Å². The van der Waals surface area contributed by atoms with Gasteiger partial charge < -0.3 is 4.74 Å². The number of allylic oxidation sites excluding steroid dienone is 1. The Hall–Kier alpha value is -1.91. The molecule has 4 nitrogen and oxygen atoms in total. The molecule has 2 rings (SSSR count). The molecule has 0 saturated heterocycles. The lowest BCUT2D eigenvalue weighted by molar-refractivity contribution is 0.132. The Morgan fingerprint density at radius 3 is 2.87 bits per heavy atom. The molecule has 0 bridgehead atoms. The number of halogens is 1. The smallest absolute Gasteiger partial charge is 0.213 e. The van der Waals surface area contributed by atoms with Crippen molar-refractivity contribution in [3.8, 4) is 5.88 Å². The Morgan fingerprint density at radius 2 is 2.22 bits per heavy atom. The highest BCUT2D eigenvalue weighted by molar-refractivity contribution is 6.30. The van der Waals surface area contributed by atoms with Crippen LogP contribution in [0.1, 0.15) is 18.4 Å². The number of hydrogen-bond donors (Lipinski definition) is 0. The fraction of sp³-hybridized carbons (Fsp3) is 0.333. The quantitative estimate of drug-likeness (QED) is 0.651. The maximum absolute atomic E-state index is 6.01. The standard InChI is InChI=1S/C18H22ClN3O/c1-3-4-7-17(23-18-9-8-16(19)12-21-18)14-22(2)13-15-6-5-10-20-11-15/h3,5-6,8-12,17H,1,4,7,13-14H2,2H3/t17-/m1/s1. The Balaban J connectivity index is 1.94. The molecule has 0 spiro atoms. The van der Waals surface area contributed by atoms with E-state index in [-0.39, 0.29) is 6.10 Å². The fourth-order valence-corrected chi connectivity index (χ4v) is 2.42. The van der Waals surface area contributed by atoms with Gasteiger partial charge in [-0.2, -0.15) is 0 Å². The first-order valence-electron chi connectivity index (χ1n) is 7.64. The minimum absolute atomic E-state index is 0.0448. The Labute approximate surface area is 142 Å². The van der Waals surface area contributed by atoms with Gasteiger partial charge in [0, 0.05) is 37.7 Å². The second-order valence-corrected chi connectivity index (χ2v) is 5.91. The van der Waals surface area contributed by atoms with E-state index >= 15 is 0 Å². The molecule has 0 fully saturated rings. The van der Waals surface area contributed by atoms with Crippen LogP contribution in [-0.4, -0.2) is 34.6 Å². The van der Waals surface area contributed by atoms with Crippen molar-refractivity contribution in [1.82, 2.24) is 14.9 Å². The molecule has 0 aliphatic rings. The van der Waals surface area contributed by atoms with Gasteiger partial charge in [-0.1, -0.05) is 23.7 Å². The van der Waals surface area contributed by atoms with Gasteiger partial charge in [-0.25, -0.2) is 4.98 Å². The van der Waals surface area contributed by atoms with E-state index in [0.29, 0.717) is 10.9 Å². The number of nitrogens with zero attached hydrogens (tertiary/aromatic N) is 3. The molecule has 0 saturated carbocycles. The SMILES string of the molecule is C=CCC[C@H](CN(C)Cc1cccnc1)Oc1ccc(Cl)cn1. The molecule has 0 N–H and O–H groups in total. The molecule has 0 radical (unpaired) electrons. The minimum atomic E-state index is 0.0448. The predicted octanol–water partition coefficient (Wildman–Crippen LogP) is 3.98. The van der Waals surface area contributed by atoms with Crippen molar-refractivity contribution < 1.29 is 4.74 Å². The van der Waals surface area contributed by atoms with Gasteiger partial charge in [0.15, 0.2) is 0 Å². The second-order valence-electron chi connectivity index (χ2n) is 5.48. The van der Waals surface area contributed by atoms with Crippen LogP contribution in [0, 0.1) is 0 Å². The highest BCUT2D eigenvalue weighted by Crippen LogP contribution is 2.16. The van der Waals surface area contributed by atoms with Crippen molar-refractivity contribution >= 4 is 11.6 Å². The van der Waals surface area contributed by atoms with Gasteiger partial charge in [-0.05, 0) is 37.6 Å². The first-order chi connectivity index (χ1) is 11.2. The van der Waals surface area contributed by atoms with Crippen molar-refractivity contribution in [2.45, 2.75) is 25.5 Å². The van der Waals surface area contributed by atoms with Crippen LogP contribution in [-0.2, 0) is 6.54 Å². The number of likely N-dealkylation sites (N-methyl/N-ethyl adjacent to an activating group) is 1. The third-order valence-electron chi connectivity index (χ3n) is 3.37. The molecule has 0 amide bonds. The van der Waals surface area contributed by atoms with Crippen LogP contribution in [0.5, 0.6) is 5.88 Å². The summed E-state index contributed by atoms with van der Waals surface area (Å²) in [4.78, 5) is 10.6. The summed E-state index contributed by atoms with van der Waals surface area (Å²) in [5.74, 6) is 0.596. The topological polar surface area (TPSA) is 38.2 Å². The molecule has 2 heterocycles. The average molecular weight is 332 g/mol. The number of pyridine rings is 2. The molecule has 2 aromatic rings. The maximum atomic E-state index is 6.01. The van der Waals surface area contributed by atoms with Crippen LogP contribution >= 0.6 is 11.6 Å². The number of ether oxygens (including phenoxy) is 1. The molecule has 2 aromatic heterocycles.